The van der Waals surface area contributed by atoms with E-state index in [1.807, 2.05) is 6.92 Å². The number of allylic oxidation sites excluding steroid dienone is 1. The fraction of sp³-hybridized carbons (Fsp3) is 0.250. The molecule has 0 fully saturated rings. The van der Waals surface area contributed by atoms with Gasteiger partial charge in [0.15, 0.2) is 0 Å². The Morgan fingerprint density at radius 1 is 1.56 bits per heavy atom. The average Bonchev–Trinajstić information content (AvgIpc) is 2.23. The van der Waals surface area contributed by atoms with Crippen LogP contribution in [0.4, 0.5) is 0 Å². The number of carbonyl (C=O) groups excluding carboxylic acids is 1. The van der Waals surface area contributed by atoms with Gasteiger partial charge < -0.3 is 9.84 Å². The van der Waals surface area contributed by atoms with Crippen molar-refractivity contribution >= 4 is 21.9 Å². The molecule has 0 aliphatic carbocycles. The predicted octanol–water partition coefficient (Wildman–Crippen LogP) is 3.06. The molecule has 0 saturated carbocycles. The minimum Gasteiger partial charge on any atom is -0.506 e. The Kier molecular flexibility index (Phi) is 4.12. The Morgan fingerprint density at radius 2 is 2.19 bits per heavy atom. The van der Waals surface area contributed by atoms with Crippen LogP contribution in [0.1, 0.15) is 22.8 Å². The summed E-state index contributed by atoms with van der Waals surface area (Å²) in [5.74, 6) is -0.398. The van der Waals surface area contributed by atoms with Crippen LogP contribution in [0.3, 0.4) is 0 Å². The van der Waals surface area contributed by atoms with Crippen molar-refractivity contribution in [1.82, 2.24) is 0 Å². The highest BCUT2D eigenvalue weighted by molar-refractivity contribution is 9.10. The number of methoxy groups -OCH3 is 1. The third kappa shape index (κ3) is 2.64. The van der Waals surface area contributed by atoms with Gasteiger partial charge in [-0.2, -0.15) is 0 Å². The second-order valence-electron chi connectivity index (χ2n) is 3.55. The van der Waals surface area contributed by atoms with Gasteiger partial charge in [-0.05, 0) is 41.4 Å². The lowest BCUT2D eigenvalue weighted by Crippen LogP contribution is -2.06. The van der Waals surface area contributed by atoms with Crippen LogP contribution in [0.15, 0.2) is 28.8 Å². The van der Waals surface area contributed by atoms with E-state index >= 15 is 0 Å². The molecule has 1 aromatic rings. The van der Waals surface area contributed by atoms with Crippen LogP contribution < -0.4 is 0 Å². The number of rotatable bonds is 3. The van der Waals surface area contributed by atoms with Crippen LogP contribution in [0.5, 0.6) is 5.75 Å². The highest BCUT2D eigenvalue weighted by atomic mass is 79.9. The van der Waals surface area contributed by atoms with Crippen molar-refractivity contribution in [3.05, 3.63) is 39.9 Å². The first-order chi connectivity index (χ1) is 7.47. The zero-order valence-electron chi connectivity index (χ0n) is 9.21. The maximum atomic E-state index is 11.5. The molecule has 0 unspecified atom stereocenters. The maximum Gasteiger partial charge on any atom is 0.338 e. The first-order valence-corrected chi connectivity index (χ1v) is 5.49. The minimum absolute atomic E-state index is 0.0610. The van der Waals surface area contributed by atoms with E-state index in [9.17, 15) is 9.90 Å². The smallest absolute Gasteiger partial charge is 0.338 e. The molecule has 16 heavy (non-hydrogen) atoms. The van der Waals surface area contributed by atoms with Crippen molar-refractivity contribution in [2.75, 3.05) is 7.11 Å². The van der Waals surface area contributed by atoms with Gasteiger partial charge in [0, 0.05) is 5.56 Å². The topological polar surface area (TPSA) is 46.5 Å². The molecule has 0 aliphatic rings. The molecule has 0 radical (unpaired) electrons. The molecule has 3 nitrogen and oxygen atoms in total. The Balaban J connectivity index is 3.32. The molecule has 4 heteroatoms. The molecule has 0 bridgehead atoms. The molecule has 0 aromatic heterocycles. The molecule has 0 aliphatic heterocycles. The monoisotopic (exact) mass is 284 g/mol. The second kappa shape index (κ2) is 5.16. The van der Waals surface area contributed by atoms with Crippen molar-refractivity contribution in [2.45, 2.75) is 13.3 Å². The molecule has 0 atom stereocenters. The van der Waals surface area contributed by atoms with Gasteiger partial charge in [0.05, 0.1) is 17.1 Å². The van der Waals surface area contributed by atoms with Gasteiger partial charge in [-0.25, -0.2) is 4.79 Å². The SMILES string of the molecule is C=C(C)Cc1c(C(=O)OC)ccc(Br)c1O. The van der Waals surface area contributed by atoms with Crippen molar-refractivity contribution in [3.8, 4) is 5.75 Å². The van der Waals surface area contributed by atoms with Crippen LogP contribution in [-0.4, -0.2) is 18.2 Å². The number of aromatic hydroxyl groups is 1. The quantitative estimate of drug-likeness (QED) is 0.685. The van der Waals surface area contributed by atoms with Gasteiger partial charge in [0.1, 0.15) is 5.75 Å². The molecule has 86 valence electrons. The van der Waals surface area contributed by atoms with E-state index < -0.39 is 5.97 Å². The van der Waals surface area contributed by atoms with Crippen LogP contribution in [0, 0.1) is 0 Å². The first-order valence-electron chi connectivity index (χ1n) is 4.70. The number of phenols is 1. The van der Waals surface area contributed by atoms with Crippen LogP contribution in [0.2, 0.25) is 0 Å². The van der Waals surface area contributed by atoms with E-state index in [2.05, 4.69) is 27.2 Å². The molecule has 0 heterocycles. The Labute approximate surface area is 103 Å². The molecule has 1 aromatic carbocycles. The van der Waals surface area contributed by atoms with E-state index in [4.69, 9.17) is 0 Å². The number of hydrogen-bond donors (Lipinski definition) is 1. The van der Waals surface area contributed by atoms with Crippen LogP contribution in [0.25, 0.3) is 0 Å². The van der Waals surface area contributed by atoms with E-state index in [-0.39, 0.29) is 5.75 Å². The summed E-state index contributed by atoms with van der Waals surface area (Å²) in [4.78, 5) is 11.5. The molecular weight excluding hydrogens is 272 g/mol. The largest absolute Gasteiger partial charge is 0.506 e. The normalized spacial score (nSPS) is 9.94. The summed E-state index contributed by atoms with van der Waals surface area (Å²) in [5.41, 5.74) is 1.76. The third-order valence-electron chi connectivity index (χ3n) is 2.12. The summed E-state index contributed by atoms with van der Waals surface area (Å²) >= 11 is 3.21. The van der Waals surface area contributed by atoms with Crippen molar-refractivity contribution < 1.29 is 14.6 Å². The molecule has 0 spiro atoms. The zero-order chi connectivity index (χ0) is 12.3. The van der Waals surface area contributed by atoms with Crippen molar-refractivity contribution in [2.24, 2.45) is 0 Å². The van der Waals surface area contributed by atoms with Crippen molar-refractivity contribution in [1.29, 1.82) is 0 Å². The lowest BCUT2D eigenvalue weighted by atomic mass is 10.00. The molecular formula is C12H13BrO3. The second-order valence-corrected chi connectivity index (χ2v) is 4.40. The van der Waals surface area contributed by atoms with Gasteiger partial charge >= 0.3 is 5.97 Å². The maximum absolute atomic E-state index is 11.5. The fourth-order valence-electron chi connectivity index (χ4n) is 1.39. The van der Waals surface area contributed by atoms with Gasteiger partial charge in [-0.3, -0.25) is 0 Å². The first kappa shape index (κ1) is 12.8. The number of ether oxygens (including phenoxy) is 1. The predicted molar refractivity (Wildman–Crippen MR) is 65.7 cm³/mol. The van der Waals surface area contributed by atoms with E-state index in [0.29, 0.717) is 22.0 Å². The standard InChI is InChI=1S/C12H13BrO3/c1-7(2)6-9-8(12(15)16-3)4-5-10(13)11(9)14/h4-5,14H,1,6H2,2-3H3. The Hall–Kier alpha value is -1.29. The highest BCUT2D eigenvalue weighted by Crippen LogP contribution is 2.32. The minimum atomic E-state index is -0.459. The third-order valence-corrected chi connectivity index (χ3v) is 2.76. The molecule has 0 saturated heterocycles. The van der Waals surface area contributed by atoms with Gasteiger partial charge in [0.25, 0.3) is 0 Å². The number of benzene rings is 1. The number of phenolic OH excluding ortho intramolecular Hbond substituents is 1. The fourth-order valence-corrected chi connectivity index (χ4v) is 1.76. The summed E-state index contributed by atoms with van der Waals surface area (Å²) in [6.45, 7) is 5.60. The number of esters is 1. The van der Waals surface area contributed by atoms with Crippen LogP contribution in [-0.2, 0) is 11.2 Å². The van der Waals surface area contributed by atoms with Gasteiger partial charge in [0.2, 0.25) is 0 Å². The molecule has 1 N–H and O–H groups in total. The highest BCUT2D eigenvalue weighted by Gasteiger charge is 2.17. The van der Waals surface area contributed by atoms with Gasteiger partial charge in [-0.1, -0.05) is 12.2 Å². The number of carbonyl (C=O) groups is 1. The number of hydrogen-bond acceptors (Lipinski definition) is 3. The zero-order valence-corrected chi connectivity index (χ0v) is 10.8. The van der Waals surface area contributed by atoms with E-state index in [0.717, 1.165) is 5.57 Å². The van der Waals surface area contributed by atoms with Crippen LogP contribution >= 0.6 is 15.9 Å². The average molecular weight is 285 g/mol. The lowest BCUT2D eigenvalue weighted by Gasteiger charge is -2.11. The van der Waals surface area contributed by atoms with E-state index in [1.54, 1.807) is 12.1 Å². The summed E-state index contributed by atoms with van der Waals surface area (Å²) in [7, 11) is 1.31. The molecule has 0 amide bonds. The van der Waals surface area contributed by atoms with Gasteiger partial charge in [-0.15, -0.1) is 0 Å². The Morgan fingerprint density at radius 3 is 2.69 bits per heavy atom. The lowest BCUT2D eigenvalue weighted by molar-refractivity contribution is 0.0599. The summed E-state index contributed by atoms with van der Waals surface area (Å²) in [6.07, 6.45) is 0.440. The summed E-state index contributed by atoms with van der Waals surface area (Å²) < 4.78 is 5.21. The van der Waals surface area contributed by atoms with Crippen molar-refractivity contribution in [3.63, 3.8) is 0 Å². The summed E-state index contributed by atoms with van der Waals surface area (Å²) in [5, 5.41) is 9.88. The summed E-state index contributed by atoms with van der Waals surface area (Å²) in [6, 6.07) is 3.23. The van der Waals surface area contributed by atoms with E-state index in [1.165, 1.54) is 7.11 Å². The number of halogens is 1. The molecule has 1 rings (SSSR count). The Bertz CT molecular complexity index is 438.